The van der Waals surface area contributed by atoms with Crippen molar-refractivity contribution in [3.63, 3.8) is 0 Å². The molecule has 5 aliphatic rings. The molecule has 0 aromatic carbocycles. The minimum absolute atomic E-state index is 0.00210. The number of hydrogen-bond acceptors (Lipinski definition) is 3. The first-order chi connectivity index (χ1) is 15.2. The molecule has 5 rings (SSSR count). The van der Waals surface area contributed by atoms with Crippen LogP contribution in [0.2, 0.25) is 0 Å². The second-order valence-corrected chi connectivity index (χ2v) is 14.9. The summed E-state index contributed by atoms with van der Waals surface area (Å²) in [5, 5.41) is 21.6. The van der Waals surface area contributed by atoms with E-state index in [1.807, 2.05) is 6.92 Å². The van der Waals surface area contributed by atoms with Crippen LogP contribution in [0, 0.1) is 50.2 Å². The van der Waals surface area contributed by atoms with Gasteiger partial charge in [-0.25, -0.2) is 0 Å². The van der Waals surface area contributed by atoms with E-state index in [1.165, 1.54) is 6.42 Å². The van der Waals surface area contributed by atoms with Gasteiger partial charge in [-0.15, -0.1) is 0 Å². The molecule has 1 unspecified atom stereocenters. The predicted molar refractivity (Wildman–Crippen MR) is 133 cm³/mol. The number of carbonyl (C=O) groups excluding carboxylic acids is 1. The average Bonchev–Trinajstić information content (AvgIpc) is 2.73. The molecule has 0 spiro atoms. The van der Waals surface area contributed by atoms with Crippen LogP contribution in [0.3, 0.4) is 0 Å². The first-order valence-corrected chi connectivity index (χ1v) is 13.7. The van der Waals surface area contributed by atoms with E-state index in [1.54, 1.807) is 5.57 Å². The summed E-state index contributed by atoms with van der Waals surface area (Å²) in [5.41, 5.74) is 1.69. The van der Waals surface area contributed by atoms with Crippen LogP contribution in [0.4, 0.5) is 0 Å². The van der Waals surface area contributed by atoms with Crippen molar-refractivity contribution in [1.29, 1.82) is 0 Å². The van der Waals surface area contributed by atoms with E-state index in [9.17, 15) is 15.0 Å². The van der Waals surface area contributed by atoms with Gasteiger partial charge in [-0.2, -0.15) is 0 Å². The summed E-state index contributed by atoms with van der Waals surface area (Å²) >= 11 is 0. The van der Waals surface area contributed by atoms with E-state index >= 15 is 0 Å². The third-order valence-corrected chi connectivity index (χ3v) is 13.0. The molecule has 4 fully saturated rings. The normalized spacial score (nSPS) is 55.5. The largest absolute Gasteiger partial charge is 0.395 e. The molecule has 0 saturated heterocycles. The van der Waals surface area contributed by atoms with Crippen molar-refractivity contribution in [2.75, 3.05) is 6.61 Å². The highest BCUT2D eigenvalue weighted by atomic mass is 16.3. The summed E-state index contributed by atoms with van der Waals surface area (Å²) in [5.74, 6) is 1.56. The van der Waals surface area contributed by atoms with Crippen LogP contribution in [-0.4, -0.2) is 28.7 Å². The number of aliphatic hydroxyl groups is 2. The van der Waals surface area contributed by atoms with Crippen LogP contribution in [0.25, 0.3) is 0 Å². The van der Waals surface area contributed by atoms with Crippen molar-refractivity contribution in [3.8, 4) is 0 Å². The molecule has 0 amide bonds. The summed E-state index contributed by atoms with van der Waals surface area (Å²) in [4.78, 5) is 13.0. The lowest BCUT2D eigenvalue weighted by molar-refractivity contribution is -0.196. The van der Waals surface area contributed by atoms with Crippen molar-refractivity contribution in [2.24, 2.45) is 50.2 Å². The number of Topliss-reactive ketones (excluding diaryl/α,β-unsaturated/α-hetero) is 1. The van der Waals surface area contributed by atoms with Crippen LogP contribution in [0.1, 0.15) is 106 Å². The second-order valence-electron chi connectivity index (χ2n) is 14.9. The van der Waals surface area contributed by atoms with Crippen molar-refractivity contribution in [2.45, 2.75) is 112 Å². The lowest BCUT2D eigenvalue weighted by atomic mass is 9.33. The van der Waals surface area contributed by atoms with E-state index in [0.29, 0.717) is 18.3 Å². The summed E-state index contributed by atoms with van der Waals surface area (Å²) in [6.45, 7) is 16.7. The van der Waals surface area contributed by atoms with Gasteiger partial charge in [0.05, 0.1) is 18.1 Å². The van der Waals surface area contributed by atoms with Gasteiger partial charge in [0.15, 0.2) is 0 Å². The quantitative estimate of drug-likeness (QED) is 0.454. The summed E-state index contributed by atoms with van der Waals surface area (Å²) in [6, 6.07) is 0. The first-order valence-electron chi connectivity index (χ1n) is 13.7. The molecule has 3 heteroatoms. The molecule has 9 atom stereocenters. The maximum Gasteiger partial charge on any atom is 0.141 e. The number of rotatable bonds is 1. The molecule has 3 nitrogen and oxygen atoms in total. The van der Waals surface area contributed by atoms with Gasteiger partial charge < -0.3 is 10.2 Å². The maximum atomic E-state index is 13.0. The fourth-order valence-corrected chi connectivity index (χ4v) is 10.5. The van der Waals surface area contributed by atoms with Gasteiger partial charge in [0.25, 0.3) is 0 Å². The highest BCUT2D eigenvalue weighted by Gasteiger charge is 2.69. The maximum absolute atomic E-state index is 13.0. The third-order valence-electron chi connectivity index (χ3n) is 13.0. The van der Waals surface area contributed by atoms with Gasteiger partial charge in [-0.05, 0) is 90.8 Å². The Morgan fingerprint density at radius 2 is 1.61 bits per heavy atom. The molecule has 0 aliphatic heterocycles. The van der Waals surface area contributed by atoms with Crippen LogP contribution < -0.4 is 0 Å². The Hall–Kier alpha value is -0.670. The van der Waals surface area contributed by atoms with E-state index in [4.69, 9.17) is 0 Å². The summed E-state index contributed by atoms with van der Waals surface area (Å²) < 4.78 is 0. The number of carbonyl (C=O) groups is 1. The highest BCUT2D eigenvalue weighted by Crippen LogP contribution is 2.75. The fourth-order valence-electron chi connectivity index (χ4n) is 10.5. The van der Waals surface area contributed by atoms with Crippen LogP contribution in [-0.2, 0) is 4.79 Å². The van der Waals surface area contributed by atoms with Crippen LogP contribution in [0.5, 0.6) is 0 Å². The number of ketones is 1. The fraction of sp³-hybridized carbons (Fsp3) is 0.900. The Balaban J connectivity index is 1.59. The molecule has 0 bridgehead atoms. The molecular weight excluding hydrogens is 408 g/mol. The molecule has 0 heterocycles. The Bertz CT molecular complexity index is 889. The first kappa shape index (κ1) is 24.0. The Kier molecular flexibility index (Phi) is 5.07. The molecular formula is C30H48O3. The minimum Gasteiger partial charge on any atom is -0.395 e. The van der Waals surface area contributed by atoms with E-state index in [-0.39, 0.29) is 51.5 Å². The average molecular weight is 457 g/mol. The highest BCUT2D eigenvalue weighted by molar-refractivity contribution is 5.86. The van der Waals surface area contributed by atoms with Crippen molar-refractivity contribution in [1.82, 2.24) is 0 Å². The molecule has 2 N–H and O–H groups in total. The number of hydrogen-bond donors (Lipinski definition) is 2. The van der Waals surface area contributed by atoms with E-state index < -0.39 is 5.41 Å². The van der Waals surface area contributed by atoms with Gasteiger partial charge in [-0.1, -0.05) is 60.1 Å². The van der Waals surface area contributed by atoms with Crippen molar-refractivity contribution >= 4 is 5.78 Å². The van der Waals surface area contributed by atoms with Crippen LogP contribution >= 0.6 is 0 Å². The molecule has 0 aromatic rings. The Morgan fingerprint density at radius 1 is 0.909 bits per heavy atom. The lowest BCUT2D eigenvalue weighted by Gasteiger charge is -2.71. The molecule has 186 valence electrons. The smallest absolute Gasteiger partial charge is 0.141 e. The van der Waals surface area contributed by atoms with Crippen LogP contribution in [0.15, 0.2) is 11.6 Å². The third kappa shape index (κ3) is 2.85. The number of fused-ring (bicyclic) bond motifs is 7. The molecule has 0 aromatic heterocycles. The van der Waals surface area contributed by atoms with E-state index in [2.05, 4.69) is 47.6 Å². The lowest BCUT2D eigenvalue weighted by Crippen LogP contribution is -2.65. The zero-order valence-electron chi connectivity index (χ0n) is 22.3. The molecule has 5 aliphatic carbocycles. The van der Waals surface area contributed by atoms with Gasteiger partial charge in [0.1, 0.15) is 5.78 Å². The summed E-state index contributed by atoms with van der Waals surface area (Å²) in [7, 11) is 0. The SMILES string of the molecule is CC1(C)CC(O)[C@]2(C)CC[C@]3(C)C(=CC[C@@H]4[C@@]5(C)CCC(=O)[C@](C)(CO)[C@@H]5CC[C@]43C)[C@@H]2C1. The van der Waals surface area contributed by atoms with E-state index in [0.717, 1.165) is 44.9 Å². The monoisotopic (exact) mass is 456 g/mol. The van der Waals surface area contributed by atoms with Gasteiger partial charge in [0.2, 0.25) is 0 Å². The van der Waals surface area contributed by atoms with Crippen molar-refractivity contribution < 1.29 is 15.0 Å². The van der Waals surface area contributed by atoms with Crippen molar-refractivity contribution in [3.05, 3.63) is 11.6 Å². The predicted octanol–water partition coefficient (Wildman–Crippen LogP) is 6.32. The minimum atomic E-state index is -0.581. The second kappa shape index (κ2) is 6.96. The number of allylic oxidation sites excluding steroid dienone is 2. The Morgan fingerprint density at radius 3 is 2.27 bits per heavy atom. The van der Waals surface area contributed by atoms with Gasteiger partial charge in [-0.3, -0.25) is 4.79 Å². The number of aliphatic hydroxyl groups excluding tert-OH is 2. The van der Waals surface area contributed by atoms with Gasteiger partial charge in [0, 0.05) is 11.8 Å². The van der Waals surface area contributed by atoms with Gasteiger partial charge >= 0.3 is 0 Å². The summed E-state index contributed by atoms with van der Waals surface area (Å²) in [6.07, 6.45) is 11.6. The molecule has 0 radical (unpaired) electrons. The standard InChI is InChI=1S/C30H48O3/c1-25(2)16-20-19-8-9-22-27(4)12-11-23(32)28(5,18-31)21(27)10-13-30(22,7)29(19,6)15-14-26(20,3)24(33)17-25/h8,20-22,24,31,33H,9-18H2,1-7H3/t20-,21+,22+,24?,26+,27-,28+,29+,30+/m0/s1. The topological polar surface area (TPSA) is 57.5 Å². The zero-order chi connectivity index (χ0) is 24.2. The molecule has 33 heavy (non-hydrogen) atoms. The molecule has 4 saturated carbocycles. The zero-order valence-corrected chi connectivity index (χ0v) is 22.3. The Labute approximate surface area is 201 Å².